The maximum Gasteiger partial charge on any atom is 0.207 e. The van der Waals surface area contributed by atoms with Gasteiger partial charge in [0.25, 0.3) is 0 Å². The van der Waals surface area contributed by atoms with Gasteiger partial charge in [0.2, 0.25) is 5.43 Å². The van der Waals surface area contributed by atoms with E-state index in [1.807, 2.05) is 0 Å². The molecular formula is C7H5NO2. The second-order valence-electron chi connectivity index (χ2n) is 2.01. The van der Waals surface area contributed by atoms with Crippen LogP contribution in [0, 0.1) is 0 Å². The zero-order chi connectivity index (χ0) is 6.97. The molecule has 50 valence electrons. The SMILES string of the molecule is O=c1ccn2ccocc1-2. The Kier molecular flexibility index (Phi) is 0.917. The van der Waals surface area contributed by atoms with Gasteiger partial charge in [0, 0.05) is 18.5 Å². The van der Waals surface area contributed by atoms with Crippen molar-refractivity contribution in [2.24, 2.45) is 0 Å². The van der Waals surface area contributed by atoms with E-state index in [0.29, 0.717) is 5.69 Å². The summed E-state index contributed by atoms with van der Waals surface area (Å²) in [5.41, 5.74) is 0.562. The number of aromatic nitrogens is 1. The van der Waals surface area contributed by atoms with Gasteiger partial charge in [-0.15, -0.1) is 0 Å². The molecule has 0 bridgehead atoms. The predicted octanol–water partition coefficient (Wildman–Crippen LogP) is 0.868. The summed E-state index contributed by atoms with van der Waals surface area (Å²) in [5.74, 6) is 0. The van der Waals surface area contributed by atoms with Crippen molar-refractivity contribution in [1.82, 2.24) is 4.57 Å². The molecule has 10 heavy (non-hydrogen) atoms. The normalized spacial score (nSPS) is 10.4. The van der Waals surface area contributed by atoms with Gasteiger partial charge in [-0.25, -0.2) is 0 Å². The molecule has 0 N–H and O–H groups in total. The topological polar surface area (TPSA) is 35.1 Å². The second-order valence-corrected chi connectivity index (χ2v) is 2.01. The number of fused-ring (bicyclic) bond motifs is 1. The van der Waals surface area contributed by atoms with Crippen LogP contribution in [0.15, 0.2) is 40.2 Å². The van der Waals surface area contributed by atoms with Crippen LogP contribution in [0.25, 0.3) is 5.69 Å². The van der Waals surface area contributed by atoms with Crippen LogP contribution < -0.4 is 5.43 Å². The first-order valence-corrected chi connectivity index (χ1v) is 2.91. The lowest BCUT2D eigenvalue weighted by Gasteiger charge is -1.96. The lowest BCUT2D eigenvalue weighted by atomic mass is 10.5. The summed E-state index contributed by atoms with van der Waals surface area (Å²) in [4.78, 5) is 10.9. The van der Waals surface area contributed by atoms with Crippen LogP contribution in [-0.4, -0.2) is 4.57 Å². The van der Waals surface area contributed by atoms with Crippen molar-refractivity contribution >= 4 is 0 Å². The fraction of sp³-hybridized carbons (Fsp3) is 0. The molecule has 0 spiro atoms. The summed E-state index contributed by atoms with van der Waals surface area (Å²) < 4.78 is 6.52. The third-order valence-electron chi connectivity index (χ3n) is 1.40. The molecule has 0 aromatic rings. The molecule has 0 saturated heterocycles. The lowest BCUT2D eigenvalue weighted by Crippen LogP contribution is -2.00. The Labute approximate surface area is 56.9 Å². The molecule has 0 aromatic heterocycles. The quantitative estimate of drug-likeness (QED) is 0.537. The fourth-order valence-corrected chi connectivity index (χ4v) is 0.894. The predicted molar refractivity (Wildman–Crippen MR) is 35.5 cm³/mol. The van der Waals surface area contributed by atoms with E-state index in [1.165, 1.54) is 18.6 Å². The van der Waals surface area contributed by atoms with E-state index in [1.54, 1.807) is 17.0 Å². The van der Waals surface area contributed by atoms with E-state index in [4.69, 9.17) is 4.42 Å². The molecule has 0 amide bonds. The molecule has 2 aliphatic rings. The molecule has 0 radical (unpaired) electrons. The van der Waals surface area contributed by atoms with E-state index < -0.39 is 0 Å². The summed E-state index contributed by atoms with van der Waals surface area (Å²) in [6.07, 6.45) is 6.35. The second kappa shape index (κ2) is 1.73. The highest BCUT2D eigenvalue weighted by atomic mass is 16.3. The minimum Gasteiger partial charge on any atom is -0.469 e. The molecule has 3 heteroatoms. The van der Waals surface area contributed by atoms with Gasteiger partial charge in [0.15, 0.2) is 0 Å². The first kappa shape index (κ1) is 5.29. The van der Waals surface area contributed by atoms with E-state index >= 15 is 0 Å². The Morgan fingerprint density at radius 3 is 3.10 bits per heavy atom. The lowest BCUT2D eigenvalue weighted by molar-refractivity contribution is 0.535. The standard InChI is InChI=1S/C7H5NO2/c9-7-1-2-8-3-4-10-5-6(7)8/h1-5H. The Morgan fingerprint density at radius 1 is 1.40 bits per heavy atom. The summed E-state index contributed by atoms with van der Waals surface area (Å²) in [6.45, 7) is 0. The van der Waals surface area contributed by atoms with Gasteiger partial charge in [-0.1, -0.05) is 0 Å². The van der Waals surface area contributed by atoms with Crippen molar-refractivity contribution in [3.63, 3.8) is 0 Å². The van der Waals surface area contributed by atoms with E-state index in [0.717, 1.165) is 0 Å². The van der Waals surface area contributed by atoms with Crippen LogP contribution in [0.4, 0.5) is 0 Å². The number of rotatable bonds is 0. The first-order valence-electron chi connectivity index (χ1n) is 2.91. The van der Waals surface area contributed by atoms with Gasteiger partial charge >= 0.3 is 0 Å². The molecular weight excluding hydrogens is 130 g/mol. The Hall–Kier alpha value is -1.51. The van der Waals surface area contributed by atoms with Crippen molar-refractivity contribution in [3.8, 4) is 5.69 Å². The van der Waals surface area contributed by atoms with Crippen LogP contribution in [0.2, 0.25) is 0 Å². The average Bonchev–Trinajstić information content (AvgIpc) is 2.34. The molecule has 3 nitrogen and oxygen atoms in total. The molecule has 2 rings (SSSR count). The van der Waals surface area contributed by atoms with Crippen LogP contribution in [0.3, 0.4) is 0 Å². The molecule has 0 atom stereocenters. The van der Waals surface area contributed by atoms with Crippen LogP contribution in [-0.2, 0) is 0 Å². The third kappa shape index (κ3) is 0.572. The van der Waals surface area contributed by atoms with Crippen LogP contribution >= 0.6 is 0 Å². The Bertz CT molecular complexity index is 360. The van der Waals surface area contributed by atoms with Gasteiger partial charge < -0.3 is 8.98 Å². The van der Waals surface area contributed by atoms with E-state index in [-0.39, 0.29) is 5.43 Å². The van der Waals surface area contributed by atoms with Gasteiger partial charge in [0.1, 0.15) is 18.2 Å². The van der Waals surface area contributed by atoms with Crippen molar-refractivity contribution in [2.75, 3.05) is 0 Å². The number of hydrogen-bond acceptors (Lipinski definition) is 2. The van der Waals surface area contributed by atoms with Gasteiger partial charge in [0.05, 0.1) is 0 Å². The van der Waals surface area contributed by atoms with E-state index in [9.17, 15) is 4.79 Å². The van der Waals surface area contributed by atoms with Crippen LogP contribution in [0.1, 0.15) is 0 Å². The largest absolute Gasteiger partial charge is 0.469 e. The number of nitrogens with zero attached hydrogens (tertiary/aromatic N) is 1. The van der Waals surface area contributed by atoms with Gasteiger partial charge in [-0.3, -0.25) is 4.79 Å². The summed E-state index contributed by atoms with van der Waals surface area (Å²) in [5, 5.41) is 0. The molecule has 0 aromatic carbocycles. The molecule has 2 aliphatic heterocycles. The fourth-order valence-electron chi connectivity index (χ4n) is 0.894. The summed E-state index contributed by atoms with van der Waals surface area (Å²) in [7, 11) is 0. The highest BCUT2D eigenvalue weighted by Gasteiger charge is 2.02. The highest BCUT2D eigenvalue weighted by molar-refractivity contribution is 5.29. The smallest absolute Gasteiger partial charge is 0.207 e. The first-order chi connectivity index (χ1) is 4.88. The van der Waals surface area contributed by atoms with Gasteiger partial charge in [-0.05, 0) is 0 Å². The zero-order valence-corrected chi connectivity index (χ0v) is 5.15. The molecule has 0 unspecified atom stereocenters. The number of hydrogen-bond donors (Lipinski definition) is 0. The van der Waals surface area contributed by atoms with Crippen molar-refractivity contribution in [1.29, 1.82) is 0 Å². The zero-order valence-electron chi connectivity index (χ0n) is 5.15. The minimum absolute atomic E-state index is 0.00986. The van der Waals surface area contributed by atoms with Crippen LogP contribution in [0.5, 0.6) is 0 Å². The van der Waals surface area contributed by atoms with E-state index in [2.05, 4.69) is 0 Å². The van der Waals surface area contributed by atoms with Crippen molar-refractivity contribution < 1.29 is 4.42 Å². The minimum atomic E-state index is -0.00986. The summed E-state index contributed by atoms with van der Waals surface area (Å²) in [6, 6.07) is 1.50. The Morgan fingerprint density at radius 2 is 2.30 bits per heavy atom. The maximum absolute atomic E-state index is 10.9. The molecule has 0 fully saturated rings. The third-order valence-corrected chi connectivity index (χ3v) is 1.40. The highest BCUT2D eigenvalue weighted by Crippen LogP contribution is 2.02. The monoisotopic (exact) mass is 135 g/mol. The average molecular weight is 135 g/mol. The Balaban J connectivity index is 2.91. The summed E-state index contributed by atoms with van der Waals surface area (Å²) >= 11 is 0. The molecule has 0 saturated carbocycles. The van der Waals surface area contributed by atoms with Gasteiger partial charge in [-0.2, -0.15) is 0 Å². The molecule has 2 heterocycles. The maximum atomic E-state index is 10.9. The molecule has 0 aliphatic carbocycles. The van der Waals surface area contributed by atoms with Crippen molar-refractivity contribution in [2.45, 2.75) is 0 Å². The van der Waals surface area contributed by atoms with Crippen molar-refractivity contribution in [3.05, 3.63) is 41.2 Å².